The second-order valence-electron chi connectivity index (χ2n) is 5.05. The fourth-order valence-corrected chi connectivity index (χ4v) is 1.88. The van der Waals surface area contributed by atoms with E-state index in [9.17, 15) is 15.0 Å². The summed E-state index contributed by atoms with van der Waals surface area (Å²) in [5, 5.41) is 18.8. The number of carbonyl (C=O) groups excluding carboxylic acids is 1. The Balaban J connectivity index is 2.71. The van der Waals surface area contributed by atoms with Crippen molar-refractivity contribution in [1.29, 1.82) is 0 Å². The lowest BCUT2D eigenvalue weighted by molar-refractivity contribution is -0.128. The van der Waals surface area contributed by atoms with Crippen LogP contribution < -0.4 is 4.74 Å². The molecule has 2 N–H and O–H groups in total. The average molecular weight is 293 g/mol. The summed E-state index contributed by atoms with van der Waals surface area (Å²) < 4.78 is 5.07. The highest BCUT2D eigenvalue weighted by atomic mass is 16.5. The second-order valence-corrected chi connectivity index (χ2v) is 5.05. The van der Waals surface area contributed by atoms with Crippen LogP contribution in [0.3, 0.4) is 0 Å². The first-order valence-corrected chi connectivity index (χ1v) is 6.89. The minimum Gasteiger partial charge on any atom is -0.497 e. The summed E-state index contributed by atoms with van der Waals surface area (Å²) in [7, 11) is 1.60. The smallest absolute Gasteiger partial charge is 0.246 e. The predicted octanol–water partition coefficient (Wildman–Crippen LogP) is 1.30. The molecule has 0 aliphatic carbocycles. The molecule has 116 valence electrons. The van der Waals surface area contributed by atoms with Crippen molar-refractivity contribution in [3.8, 4) is 5.75 Å². The van der Waals surface area contributed by atoms with Crippen molar-refractivity contribution < 1.29 is 19.7 Å². The molecule has 2 atom stereocenters. The van der Waals surface area contributed by atoms with Crippen molar-refractivity contribution >= 4 is 12.0 Å². The minimum atomic E-state index is -0.637. The highest BCUT2D eigenvalue weighted by Gasteiger charge is 2.15. The van der Waals surface area contributed by atoms with Gasteiger partial charge in [0.25, 0.3) is 0 Å². The quantitative estimate of drug-likeness (QED) is 0.743. The molecule has 2 unspecified atom stereocenters. The van der Waals surface area contributed by atoms with Crippen LogP contribution in [0, 0.1) is 0 Å². The molecule has 0 radical (unpaired) electrons. The lowest BCUT2D eigenvalue weighted by Crippen LogP contribution is -2.39. The molecule has 1 aromatic carbocycles. The Hall–Kier alpha value is -1.85. The topological polar surface area (TPSA) is 70.0 Å². The molecule has 0 aromatic heterocycles. The highest BCUT2D eigenvalue weighted by Crippen LogP contribution is 2.12. The molecule has 0 spiro atoms. The van der Waals surface area contributed by atoms with E-state index in [1.54, 1.807) is 27.0 Å². The van der Waals surface area contributed by atoms with E-state index in [1.807, 2.05) is 24.3 Å². The normalized spacial score (nSPS) is 14.0. The van der Waals surface area contributed by atoms with Crippen molar-refractivity contribution in [2.45, 2.75) is 26.1 Å². The SMILES string of the molecule is COc1ccc(/C=C/C(=O)N(CC(C)O)CC(C)O)cc1. The van der Waals surface area contributed by atoms with Gasteiger partial charge in [-0.05, 0) is 37.6 Å². The van der Waals surface area contributed by atoms with Crippen LogP contribution in [0.15, 0.2) is 30.3 Å². The van der Waals surface area contributed by atoms with Gasteiger partial charge >= 0.3 is 0 Å². The summed E-state index contributed by atoms with van der Waals surface area (Å²) in [4.78, 5) is 13.5. The summed E-state index contributed by atoms with van der Waals surface area (Å²) in [5.41, 5.74) is 0.873. The molecule has 0 bridgehead atoms. The molecule has 5 heteroatoms. The Morgan fingerprint density at radius 3 is 2.14 bits per heavy atom. The van der Waals surface area contributed by atoms with E-state index in [0.29, 0.717) is 0 Å². The first kappa shape index (κ1) is 17.2. The summed E-state index contributed by atoms with van der Waals surface area (Å²) >= 11 is 0. The van der Waals surface area contributed by atoms with E-state index in [0.717, 1.165) is 11.3 Å². The van der Waals surface area contributed by atoms with Gasteiger partial charge in [0.2, 0.25) is 5.91 Å². The number of hydrogen-bond donors (Lipinski definition) is 2. The minimum absolute atomic E-state index is 0.191. The third-order valence-corrected chi connectivity index (χ3v) is 2.82. The summed E-state index contributed by atoms with van der Waals surface area (Å²) in [6, 6.07) is 7.31. The molecule has 0 aliphatic rings. The van der Waals surface area contributed by atoms with E-state index in [2.05, 4.69) is 0 Å². The average Bonchev–Trinajstić information content (AvgIpc) is 2.43. The van der Waals surface area contributed by atoms with Gasteiger partial charge in [-0.25, -0.2) is 0 Å². The molecule has 0 saturated heterocycles. The van der Waals surface area contributed by atoms with Gasteiger partial charge in [-0.2, -0.15) is 0 Å². The summed E-state index contributed by atoms with van der Waals surface area (Å²) in [5.74, 6) is 0.510. The second kappa shape index (κ2) is 8.44. The number of methoxy groups -OCH3 is 1. The zero-order chi connectivity index (χ0) is 15.8. The first-order chi connectivity index (χ1) is 9.92. The van der Waals surface area contributed by atoms with Crippen LogP contribution in [0.1, 0.15) is 19.4 Å². The van der Waals surface area contributed by atoms with Crippen molar-refractivity contribution in [2.24, 2.45) is 0 Å². The van der Waals surface area contributed by atoms with Crippen LogP contribution >= 0.6 is 0 Å². The van der Waals surface area contributed by atoms with Crippen LogP contribution in [0.5, 0.6) is 5.75 Å². The lowest BCUT2D eigenvalue weighted by atomic mass is 10.2. The van der Waals surface area contributed by atoms with Gasteiger partial charge in [0, 0.05) is 19.2 Å². The first-order valence-electron chi connectivity index (χ1n) is 6.89. The van der Waals surface area contributed by atoms with Gasteiger partial charge in [-0.15, -0.1) is 0 Å². The van der Waals surface area contributed by atoms with Gasteiger partial charge in [-0.1, -0.05) is 12.1 Å². The van der Waals surface area contributed by atoms with Crippen molar-refractivity contribution in [3.63, 3.8) is 0 Å². The monoisotopic (exact) mass is 293 g/mol. The molecule has 1 aromatic rings. The van der Waals surface area contributed by atoms with Crippen LogP contribution in [0.2, 0.25) is 0 Å². The van der Waals surface area contributed by atoms with Crippen LogP contribution in [0.4, 0.5) is 0 Å². The maximum absolute atomic E-state index is 12.1. The summed E-state index contributed by atoms with van der Waals surface area (Å²) in [6.45, 7) is 3.60. The number of amides is 1. The molecular formula is C16H23NO4. The molecule has 0 heterocycles. The third kappa shape index (κ3) is 6.42. The molecule has 0 saturated carbocycles. The predicted molar refractivity (Wildman–Crippen MR) is 82.0 cm³/mol. The standard InChI is InChI=1S/C16H23NO4/c1-12(18)10-17(11-13(2)19)16(20)9-6-14-4-7-15(21-3)8-5-14/h4-9,12-13,18-19H,10-11H2,1-3H3/b9-6+. The lowest BCUT2D eigenvalue weighted by Gasteiger charge is -2.24. The van der Waals surface area contributed by atoms with Gasteiger partial charge in [-0.3, -0.25) is 4.79 Å². The van der Waals surface area contributed by atoms with Crippen molar-refractivity contribution in [3.05, 3.63) is 35.9 Å². The number of carbonyl (C=O) groups is 1. The highest BCUT2D eigenvalue weighted by molar-refractivity contribution is 5.91. The van der Waals surface area contributed by atoms with Crippen LogP contribution in [0.25, 0.3) is 6.08 Å². The fourth-order valence-electron chi connectivity index (χ4n) is 1.88. The molecular weight excluding hydrogens is 270 g/mol. The van der Waals surface area contributed by atoms with E-state index in [4.69, 9.17) is 4.74 Å². The third-order valence-electron chi connectivity index (χ3n) is 2.82. The van der Waals surface area contributed by atoms with E-state index in [-0.39, 0.29) is 19.0 Å². The van der Waals surface area contributed by atoms with Gasteiger partial charge < -0.3 is 19.8 Å². The number of rotatable bonds is 7. The van der Waals surface area contributed by atoms with Crippen LogP contribution in [-0.4, -0.2) is 53.4 Å². The van der Waals surface area contributed by atoms with E-state index in [1.165, 1.54) is 11.0 Å². The zero-order valence-electron chi connectivity index (χ0n) is 12.7. The Morgan fingerprint density at radius 1 is 1.19 bits per heavy atom. The molecule has 21 heavy (non-hydrogen) atoms. The number of ether oxygens (including phenoxy) is 1. The number of hydrogen-bond acceptors (Lipinski definition) is 4. The van der Waals surface area contributed by atoms with Crippen LogP contribution in [-0.2, 0) is 4.79 Å². The molecule has 5 nitrogen and oxygen atoms in total. The molecule has 1 amide bonds. The maximum Gasteiger partial charge on any atom is 0.246 e. The number of aliphatic hydroxyl groups is 2. The Labute approximate surface area is 125 Å². The van der Waals surface area contributed by atoms with Gasteiger partial charge in [0.05, 0.1) is 19.3 Å². The Bertz CT molecular complexity index is 456. The number of aliphatic hydroxyl groups excluding tert-OH is 2. The van der Waals surface area contributed by atoms with Gasteiger partial charge in [0.15, 0.2) is 0 Å². The maximum atomic E-state index is 12.1. The number of nitrogens with zero attached hydrogens (tertiary/aromatic N) is 1. The zero-order valence-corrected chi connectivity index (χ0v) is 12.7. The largest absolute Gasteiger partial charge is 0.497 e. The number of benzene rings is 1. The van der Waals surface area contributed by atoms with E-state index >= 15 is 0 Å². The van der Waals surface area contributed by atoms with E-state index < -0.39 is 12.2 Å². The fraction of sp³-hybridized carbons (Fsp3) is 0.438. The molecule has 0 fully saturated rings. The van der Waals surface area contributed by atoms with Gasteiger partial charge in [0.1, 0.15) is 5.75 Å². The Morgan fingerprint density at radius 2 is 1.71 bits per heavy atom. The molecule has 1 rings (SSSR count). The molecule has 0 aliphatic heterocycles. The van der Waals surface area contributed by atoms with Crippen molar-refractivity contribution in [1.82, 2.24) is 4.90 Å². The van der Waals surface area contributed by atoms with Crippen molar-refractivity contribution in [2.75, 3.05) is 20.2 Å². The Kier molecular flexibility index (Phi) is 6.91. The summed E-state index contributed by atoms with van der Waals surface area (Å²) in [6.07, 6.45) is 1.86.